The zero-order chi connectivity index (χ0) is 7.94. The van der Waals surface area contributed by atoms with E-state index in [-0.39, 0.29) is 0 Å². The van der Waals surface area contributed by atoms with E-state index in [1.165, 1.54) is 0 Å². The summed E-state index contributed by atoms with van der Waals surface area (Å²) in [5.41, 5.74) is 1.16. The van der Waals surface area contributed by atoms with Gasteiger partial charge in [0.25, 0.3) is 0 Å². The van der Waals surface area contributed by atoms with Crippen LogP contribution in [0.2, 0.25) is 0 Å². The normalized spacial score (nSPS) is 17.0. The summed E-state index contributed by atoms with van der Waals surface area (Å²) >= 11 is 1.62. The van der Waals surface area contributed by atoms with Crippen LogP contribution in [0.1, 0.15) is 6.42 Å². The van der Waals surface area contributed by atoms with E-state index in [9.17, 15) is 0 Å². The van der Waals surface area contributed by atoms with Gasteiger partial charge in [-0.2, -0.15) is 0 Å². The molecule has 0 amide bonds. The van der Waals surface area contributed by atoms with E-state index in [1.807, 2.05) is 18.7 Å². The highest BCUT2D eigenvalue weighted by molar-refractivity contribution is 7.96. The fourth-order valence-electron chi connectivity index (χ4n) is 0.818. The third-order valence-corrected chi connectivity index (χ3v) is 1.80. The highest BCUT2D eigenvalue weighted by Gasteiger charge is 1.96. The molecular weight excluding hydrogens is 158 g/mol. The molecule has 0 saturated heterocycles. The Kier molecular flexibility index (Phi) is 4.08. The number of rotatable bonds is 3. The third kappa shape index (κ3) is 3.43. The molecule has 4 heteroatoms. The zero-order valence-electron chi connectivity index (χ0n) is 6.63. The summed E-state index contributed by atoms with van der Waals surface area (Å²) in [5.74, 6) is 0. The van der Waals surface area contributed by atoms with Crippen molar-refractivity contribution in [2.75, 3.05) is 19.3 Å². The highest BCUT2D eigenvalue weighted by atomic mass is 32.2. The molecule has 0 aromatic carbocycles. The molecular formula is C7H13N3S. The van der Waals surface area contributed by atoms with Crippen LogP contribution in [0.4, 0.5) is 0 Å². The topological polar surface area (TPSA) is 36.4 Å². The molecule has 1 heterocycles. The molecule has 11 heavy (non-hydrogen) atoms. The average Bonchev–Trinajstić information content (AvgIpc) is 2.28. The molecule has 0 aromatic heterocycles. The quantitative estimate of drug-likeness (QED) is 0.615. The molecule has 62 valence electrons. The van der Waals surface area contributed by atoms with Crippen LogP contribution in [0.15, 0.2) is 16.9 Å². The highest BCUT2D eigenvalue weighted by Crippen LogP contribution is 1.94. The SMILES string of the molecule is CSNCC1=CN=CCCN1. The van der Waals surface area contributed by atoms with E-state index in [0.29, 0.717) is 0 Å². The molecule has 0 saturated carbocycles. The molecule has 0 spiro atoms. The van der Waals surface area contributed by atoms with Crippen LogP contribution in [-0.2, 0) is 0 Å². The maximum Gasteiger partial charge on any atom is 0.0473 e. The first-order valence-corrected chi connectivity index (χ1v) is 4.86. The van der Waals surface area contributed by atoms with Crippen LogP contribution >= 0.6 is 11.9 Å². The predicted molar refractivity (Wildman–Crippen MR) is 50.7 cm³/mol. The molecule has 0 radical (unpaired) electrons. The smallest absolute Gasteiger partial charge is 0.0473 e. The molecule has 2 N–H and O–H groups in total. The molecule has 0 fully saturated rings. The van der Waals surface area contributed by atoms with Crippen molar-refractivity contribution in [1.29, 1.82) is 0 Å². The maximum atomic E-state index is 4.11. The molecule has 1 aliphatic heterocycles. The minimum absolute atomic E-state index is 0.860. The Bertz CT molecular complexity index is 165. The molecule has 1 aliphatic rings. The number of hydrogen-bond donors (Lipinski definition) is 2. The van der Waals surface area contributed by atoms with Gasteiger partial charge < -0.3 is 5.32 Å². The minimum Gasteiger partial charge on any atom is -0.386 e. The Morgan fingerprint density at radius 1 is 1.82 bits per heavy atom. The Morgan fingerprint density at radius 2 is 2.73 bits per heavy atom. The molecule has 0 atom stereocenters. The first kappa shape index (κ1) is 8.62. The standard InChI is InChI=1S/C7H13N3S/c1-11-10-6-7-5-8-3-2-4-9-7/h3,5,9-10H,2,4,6H2,1H3. The summed E-state index contributed by atoms with van der Waals surface area (Å²) in [6.07, 6.45) is 6.83. The first-order chi connectivity index (χ1) is 5.43. The largest absolute Gasteiger partial charge is 0.386 e. The van der Waals surface area contributed by atoms with Crippen molar-refractivity contribution in [2.45, 2.75) is 6.42 Å². The third-order valence-electron chi connectivity index (χ3n) is 1.37. The second-order valence-electron chi connectivity index (χ2n) is 2.23. The van der Waals surface area contributed by atoms with Gasteiger partial charge in [-0.05, 0) is 12.7 Å². The van der Waals surface area contributed by atoms with E-state index >= 15 is 0 Å². The van der Waals surface area contributed by atoms with E-state index in [4.69, 9.17) is 0 Å². The summed E-state index contributed by atoms with van der Waals surface area (Å²) in [5, 5.41) is 3.28. The van der Waals surface area contributed by atoms with Crippen LogP contribution in [-0.4, -0.2) is 25.6 Å². The van der Waals surface area contributed by atoms with Crippen LogP contribution in [0.25, 0.3) is 0 Å². The molecule has 0 unspecified atom stereocenters. The van der Waals surface area contributed by atoms with Gasteiger partial charge in [-0.25, -0.2) is 0 Å². The van der Waals surface area contributed by atoms with Crippen molar-refractivity contribution in [2.24, 2.45) is 4.99 Å². The molecule has 0 bridgehead atoms. The van der Waals surface area contributed by atoms with Crippen molar-refractivity contribution in [3.8, 4) is 0 Å². The number of nitrogens with zero attached hydrogens (tertiary/aromatic N) is 1. The lowest BCUT2D eigenvalue weighted by Crippen LogP contribution is -2.21. The fourth-order valence-corrected chi connectivity index (χ4v) is 1.12. The van der Waals surface area contributed by atoms with Crippen molar-refractivity contribution >= 4 is 18.2 Å². The Hall–Kier alpha value is -0.480. The van der Waals surface area contributed by atoms with E-state index in [1.54, 1.807) is 11.9 Å². The van der Waals surface area contributed by atoms with Crippen molar-refractivity contribution in [1.82, 2.24) is 10.0 Å². The van der Waals surface area contributed by atoms with Crippen LogP contribution < -0.4 is 10.0 Å². The monoisotopic (exact) mass is 171 g/mol. The Labute approximate surface area is 71.5 Å². The molecule has 0 aliphatic carbocycles. The second-order valence-corrected chi connectivity index (χ2v) is 2.92. The van der Waals surface area contributed by atoms with Gasteiger partial charge in [0.05, 0.1) is 0 Å². The van der Waals surface area contributed by atoms with Crippen LogP contribution in [0, 0.1) is 0 Å². The number of aliphatic imine (C=N–C) groups is 1. The Balaban J connectivity index is 2.30. The van der Waals surface area contributed by atoms with Gasteiger partial charge in [-0.1, -0.05) is 11.9 Å². The molecule has 0 aromatic rings. The van der Waals surface area contributed by atoms with Gasteiger partial charge in [0.15, 0.2) is 0 Å². The minimum atomic E-state index is 0.860. The van der Waals surface area contributed by atoms with Gasteiger partial charge in [0.2, 0.25) is 0 Å². The lowest BCUT2D eigenvalue weighted by molar-refractivity contribution is 0.791. The summed E-state index contributed by atoms with van der Waals surface area (Å²) in [4.78, 5) is 4.11. The van der Waals surface area contributed by atoms with Gasteiger partial charge in [-0.3, -0.25) is 9.71 Å². The predicted octanol–water partition coefficient (Wildman–Crippen LogP) is 0.759. The van der Waals surface area contributed by atoms with Crippen molar-refractivity contribution < 1.29 is 0 Å². The summed E-state index contributed by atoms with van der Waals surface area (Å²) in [6.45, 7) is 1.85. The lowest BCUT2D eigenvalue weighted by atomic mass is 10.4. The average molecular weight is 171 g/mol. The first-order valence-electron chi connectivity index (χ1n) is 3.64. The zero-order valence-corrected chi connectivity index (χ0v) is 7.45. The van der Waals surface area contributed by atoms with Crippen molar-refractivity contribution in [3.05, 3.63) is 11.9 Å². The number of nitrogens with one attached hydrogen (secondary N) is 2. The fraction of sp³-hybridized carbons (Fsp3) is 0.571. The maximum absolute atomic E-state index is 4.11. The van der Waals surface area contributed by atoms with Crippen LogP contribution in [0.3, 0.4) is 0 Å². The second kappa shape index (κ2) is 5.21. The van der Waals surface area contributed by atoms with Crippen LogP contribution in [0.5, 0.6) is 0 Å². The van der Waals surface area contributed by atoms with Crippen molar-refractivity contribution in [3.63, 3.8) is 0 Å². The van der Waals surface area contributed by atoms with Gasteiger partial charge in [-0.15, -0.1) is 0 Å². The van der Waals surface area contributed by atoms with Gasteiger partial charge >= 0.3 is 0 Å². The van der Waals surface area contributed by atoms with Gasteiger partial charge in [0.1, 0.15) is 0 Å². The molecule has 1 rings (SSSR count). The summed E-state index contributed by atoms with van der Waals surface area (Å²) in [7, 11) is 0. The van der Waals surface area contributed by atoms with Gasteiger partial charge in [0, 0.05) is 31.2 Å². The lowest BCUT2D eigenvalue weighted by Gasteiger charge is -2.06. The number of hydrogen-bond acceptors (Lipinski definition) is 4. The summed E-state index contributed by atoms with van der Waals surface area (Å²) < 4.78 is 3.16. The molecule has 3 nitrogen and oxygen atoms in total. The van der Waals surface area contributed by atoms with E-state index in [0.717, 1.165) is 25.2 Å². The van der Waals surface area contributed by atoms with E-state index in [2.05, 4.69) is 15.0 Å². The van der Waals surface area contributed by atoms with E-state index < -0.39 is 0 Å². The summed E-state index contributed by atoms with van der Waals surface area (Å²) in [6, 6.07) is 0. The Morgan fingerprint density at radius 3 is 3.55 bits per heavy atom.